The lowest BCUT2D eigenvalue weighted by atomic mass is 10.3. The molecule has 0 saturated heterocycles. The Bertz CT molecular complexity index is 328. The third-order valence-electron chi connectivity index (χ3n) is 2.55. The number of hydrogen-bond acceptors (Lipinski definition) is 5. The summed E-state index contributed by atoms with van der Waals surface area (Å²) in [4.78, 5) is 7.62. The maximum Gasteiger partial charge on any atom is 0.186 e. The van der Waals surface area contributed by atoms with Gasteiger partial charge in [0.1, 0.15) is 0 Å². The van der Waals surface area contributed by atoms with E-state index in [-0.39, 0.29) is 6.61 Å². The van der Waals surface area contributed by atoms with E-state index in [9.17, 15) is 0 Å². The van der Waals surface area contributed by atoms with Crippen LogP contribution < -0.4 is 4.90 Å². The second kappa shape index (κ2) is 6.18. The highest BCUT2D eigenvalue weighted by molar-refractivity contribution is 7.15. The Labute approximate surface area is 101 Å². The van der Waals surface area contributed by atoms with Crippen LogP contribution in [-0.4, -0.2) is 36.4 Å². The number of ether oxygens (including phenoxy) is 1. The molecule has 16 heavy (non-hydrogen) atoms. The van der Waals surface area contributed by atoms with Gasteiger partial charge in [0.15, 0.2) is 5.13 Å². The van der Waals surface area contributed by atoms with E-state index < -0.39 is 0 Å². The van der Waals surface area contributed by atoms with Crippen molar-refractivity contribution < 1.29 is 9.84 Å². The largest absolute Gasteiger partial charge is 0.391 e. The molecular formula is C11H20N2O2S. The van der Waals surface area contributed by atoms with Crippen molar-refractivity contribution in [3.63, 3.8) is 0 Å². The first kappa shape index (κ1) is 13.4. The number of methoxy groups -OCH3 is 1. The van der Waals surface area contributed by atoms with Crippen molar-refractivity contribution >= 4 is 16.5 Å². The SMILES string of the molecule is CCN(c1nc(C)c(CO)s1)C(C)COC. The van der Waals surface area contributed by atoms with Gasteiger partial charge in [0.05, 0.1) is 29.8 Å². The standard InChI is InChI=1S/C11H20N2O2S/c1-5-13(8(2)7-15-4)11-12-9(3)10(6-14)16-11/h8,14H,5-7H2,1-4H3. The smallest absolute Gasteiger partial charge is 0.186 e. The van der Waals surface area contributed by atoms with Crippen molar-refractivity contribution in [3.05, 3.63) is 10.6 Å². The second-order valence-corrected chi connectivity index (χ2v) is 4.82. The highest BCUT2D eigenvalue weighted by Crippen LogP contribution is 2.27. The van der Waals surface area contributed by atoms with Crippen molar-refractivity contribution in [2.24, 2.45) is 0 Å². The van der Waals surface area contributed by atoms with Crippen molar-refractivity contribution in [1.82, 2.24) is 4.98 Å². The minimum absolute atomic E-state index is 0.0692. The summed E-state index contributed by atoms with van der Waals surface area (Å²) >= 11 is 1.56. The first-order valence-corrected chi connectivity index (χ1v) is 6.28. The van der Waals surface area contributed by atoms with E-state index in [2.05, 4.69) is 23.7 Å². The third kappa shape index (κ3) is 2.93. The summed E-state index contributed by atoms with van der Waals surface area (Å²) in [7, 11) is 1.70. The van der Waals surface area contributed by atoms with Crippen LogP contribution in [0.5, 0.6) is 0 Å². The van der Waals surface area contributed by atoms with Crippen LogP contribution in [0.15, 0.2) is 0 Å². The van der Waals surface area contributed by atoms with Gasteiger partial charge in [0.2, 0.25) is 0 Å². The highest BCUT2D eigenvalue weighted by Gasteiger charge is 2.17. The molecular weight excluding hydrogens is 224 g/mol. The molecule has 5 heteroatoms. The molecule has 1 rings (SSSR count). The van der Waals surface area contributed by atoms with Crippen LogP contribution in [0.2, 0.25) is 0 Å². The molecule has 0 spiro atoms. The minimum Gasteiger partial charge on any atom is -0.391 e. The number of nitrogens with zero attached hydrogens (tertiary/aromatic N) is 2. The molecule has 0 saturated carbocycles. The Kier molecular flexibility index (Phi) is 5.18. The van der Waals surface area contributed by atoms with Gasteiger partial charge >= 0.3 is 0 Å². The van der Waals surface area contributed by atoms with Gasteiger partial charge in [-0.05, 0) is 20.8 Å². The molecule has 0 radical (unpaired) electrons. The lowest BCUT2D eigenvalue weighted by molar-refractivity contribution is 0.182. The molecule has 0 aliphatic heterocycles. The maximum absolute atomic E-state index is 9.16. The molecule has 1 unspecified atom stereocenters. The van der Waals surface area contributed by atoms with Crippen LogP contribution in [0.1, 0.15) is 24.4 Å². The quantitative estimate of drug-likeness (QED) is 0.829. The average Bonchev–Trinajstić information content (AvgIpc) is 2.61. The lowest BCUT2D eigenvalue weighted by Gasteiger charge is -2.26. The number of aromatic nitrogens is 1. The van der Waals surface area contributed by atoms with E-state index in [1.54, 1.807) is 18.4 Å². The lowest BCUT2D eigenvalue weighted by Crippen LogP contribution is -2.36. The molecule has 1 heterocycles. The predicted octanol–water partition coefficient (Wildman–Crippen LogP) is 1.81. The molecule has 0 amide bonds. The first-order chi connectivity index (χ1) is 7.63. The minimum atomic E-state index is 0.0692. The molecule has 92 valence electrons. The van der Waals surface area contributed by atoms with Gasteiger partial charge in [-0.15, -0.1) is 0 Å². The van der Waals surface area contributed by atoms with E-state index in [1.807, 2.05) is 6.92 Å². The molecule has 0 aliphatic rings. The van der Waals surface area contributed by atoms with Crippen molar-refractivity contribution in [2.75, 3.05) is 25.2 Å². The van der Waals surface area contributed by atoms with Crippen LogP contribution in [0.25, 0.3) is 0 Å². The van der Waals surface area contributed by atoms with Crippen molar-refractivity contribution in [3.8, 4) is 0 Å². The number of aliphatic hydroxyl groups is 1. The predicted molar refractivity (Wildman–Crippen MR) is 67.1 cm³/mol. The Balaban J connectivity index is 2.85. The molecule has 1 aromatic rings. The molecule has 0 fully saturated rings. The topological polar surface area (TPSA) is 45.6 Å². The van der Waals surface area contributed by atoms with Gasteiger partial charge in [0, 0.05) is 13.7 Å². The number of anilines is 1. The molecule has 1 N–H and O–H groups in total. The Hall–Kier alpha value is -0.650. The van der Waals surface area contributed by atoms with Crippen LogP contribution in [-0.2, 0) is 11.3 Å². The van der Waals surface area contributed by atoms with E-state index in [4.69, 9.17) is 9.84 Å². The number of aryl methyl sites for hydroxylation is 1. The Morgan fingerprint density at radius 1 is 1.56 bits per heavy atom. The molecule has 0 bridgehead atoms. The van der Waals surface area contributed by atoms with Crippen LogP contribution in [0, 0.1) is 6.92 Å². The highest BCUT2D eigenvalue weighted by atomic mass is 32.1. The Morgan fingerprint density at radius 3 is 2.69 bits per heavy atom. The fourth-order valence-corrected chi connectivity index (χ4v) is 2.74. The normalized spacial score (nSPS) is 12.8. The van der Waals surface area contributed by atoms with E-state index in [0.29, 0.717) is 12.6 Å². The van der Waals surface area contributed by atoms with Crippen molar-refractivity contribution in [1.29, 1.82) is 0 Å². The zero-order valence-electron chi connectivity index (χ0n) is 10.4. The number of likely N-dealkylation sites (N-methyl/N-ethyl adjacent to an activating group) is 1. The first-order valence-electron chi connectivity index (χ1n) is 5.46. The van der Waals surface area contributed by atoms with E-state index in [1.165, 1.54) is 0 Å². The average molecular weight is 244 g/mol. The van der Waals surface area contributed by atoms with Gasteiger partial charge in [-0.1, -0.05) is 11.3 Å². The summed E-state index contributed by atoms with van der Waals surface area (Å²) in [5, 5.41) is 10.1. The summed E-state index contributed by atoms with van der Waals surface area (Å²) in [5.41, 5.74) is 0.922. The summed E-state index contributed by atoms with van der Waals surface area (Å²) < 4.78 is 5.16. The fraction of sp³-hybridized carbons (Fsp3) is 0.727. The third-order valence-corrected chi connectivity index (χ3v) is 3.73. The van der Waals surface area contributed by atoms with Gasteiger partial charge in [-0.2, -0.15) is 0 Å². The van der Waals surface area contributed by atoms with Crippen LogP contribution in [0.3, 0.4) is 0 Å². The molecule has 1 aromatic heterocycles. The fourth-order valence-electron chi connectivity index (χ4n) is 1.65. The van der Waals surface area contributed by atoms with Crippen LogP contribution in [0.4, 0.5) is 5.13 Å². The van der Waals surface area contributed by atoms with E-state index >= 15 is 0 Å². The van der Waals surface area contributed by atoms with Gasteiger partial charge in [-0.25, -0.2) is 4.98 Å². The van der Waals surface area contributed by atoms with Gasteiger partial charge in [-0.3, -0.25) is 0 Å². The molecule has 0 aliphatic carbocycles. The summed E-state index contributed by atoms with van der Waals surface area (Å²) in [6.45, 7) is 7.78. The van der Waals surface area contributed by atoms with Crippen molar-refractivity contribution in [2.45, 2.75) is 33.4 Å². The van der Waals surface area contributed by atoms with E-state index in [0.717, 1.165) is 22.2 Å². The summed E-state index contributed by atoms with van der Waals surface area (Å²) in [6.07, 6.45) is 0. The van der Waals surface area contributed by atoms with Gasteiger partial charge < -0.3 is 14.7 Å². The van der Waals surface area contributed by atoms with Crippen LogP contribution >= 0.6 is 11.3 Å². The number of aliphatic hydroxyl groups excluding tert-OH is 1. The van der Waals surface area contributed by atoms with Gasteiger partial charge in [0.25, 0.3) is 0 Å². The molecule has 4 nitrogen and oxygen atoms in total. The summed E-state index contributed by atoms with van der Waals surface area (Å²) in [6, 6.07) is 0.298. The monoisotopic (exact) mass is 244 g/mol. The number of hydrogen-bond donors (Lipinski definition) is 1. The Morgan fingerprint density at radius 2 is 2.25 bits per heavy atom. The second-order valence-electron chi connectivity index (χ2n) is 3.75. The maximum atomic E-state index is 9.16. The zero-order chi connectivity index (χ0) is 12.1. The molecule has 1 atom stereocenters. The number of rotatable bonds is 6. The summed E-state index contributed by atoms with van der Waals surface area (Å²) in [5.74, 6) is 0. The molecule has 0 aromatic carbocycles. The number of thiazole rings is 1. The zero-order valence-corrected chi connectivity index (χ0v) is 11.2.